The fraction of sp³-hybridized carbons (Fsp3) is 0.167. The van der Waals surface area contributed by atoms with Crippen LogP contribution in [0.15, 0.2) is 65.5 Å². The summed E-state index contributed by atoms with van der Waals surface area (Å²) < 4.78 is 12.1. The second kappa shape index (κ2) is 8.02. The Hall–Kier alpha value is -3.55. The van der Waals surface area contributed by atoms with Gasteiger partial charge in [-0.05, 0) is 30.3 Å². The maximum absolute atomic E-state index is 12.1. The third-order valence-corrected chi connectivity index (χ3v) is 3.71. The Morgan fingerprint density at radius 2 is 2.12 bits per heavy atom. The highest BCUT2D eigenvalue weighted by molar-refractivity contribution is 6.39. The topological polar surface area (TPSA) is 98.4 Å². The summed E-state index contributed by atoms with van der Waals surface area (Å²) in [6.45, 7) is 0.152. The van der Waals surface area contributed by atoms with Crippen molar-refractivity contribution in [3.63, 3.8) is 0 Å². The Kier molecular flexibility index (Phi) is 5.33. The molecule has 0 aliphatic rings. The lowest BCUT2D eigenvalue weighted by atomic mass is 10.2. The van der Waals surface area contributed by atoms with Crippen LogP contribution in [0.2, 0.25) is 0 Å². The lowest BCUT2D eigenvalue weighted by Gasteiger charge is -2.16. The van der Waals surface area contributed by atoms with E-state index in [2.05, 4.69) is 15.7 Å². The molecule has 1 unspecified atom stereocenters. The molecule has 0 radical (unpaired) electrons. The predicted octanol–water partition coefficient (Wildman–Crippen LogP) is 1.83. The smallest absolute Gasteiger partial charge is 0.313 e. The molecule has 134 valence electrons. The van der Waals surface area contributed by atoms with E-state index in [1.54, 1.807) is 65.8 Å². The van der Waals surface area contributed by atoms with Gasteiger partial charge in [-0.15, -0.1) is 0 Å². The maximum Gasteiger partial charge on any atom is 0.313 e. The largest absolute Gasteiger partial charge is 0.497 e. The standard InChI is InChI=1S/C18H18N4O4/c1-25-14-6-2-5-13(11-14)21-18(24)17(23)19-12-15(16-7-3-10-26-16)22-9-4-8-20-22/h2-11,15H,12H2,1H3,(H,19,23)(H,21,24). The Bertz CT molecular complexity index is 825. The zero-order chi connectivity index (χ0) is 18.4. The van der Waals surface area contributed by atoms with Gasteiger partial charge in [0.15, 0.2) is 0 Å². The van der Waals surface area contributed by atoms with Gasteiger partial charge in [0.1, 0.15) is 17.6 Å². The lowest BCUT2D eigenvalue weighted by molar-refractivity contribution is -0.136. The molecular formula is C18H18N4O4. The van der Waals surface area contributed by atoms with Crippen molar-refractivity contribution >= 4 is 17.5 Å². The first kappa shape index (κ1) is 17.3. The van der Waals surface area contributed by atoms with Crippen LogP contribution in [0.25, 0.3) is 0 Å². The summed E-state index contributed by atoms with van der Waals surface area (Å²) in [5, 5.41) is 9.31. The summed E-state index contributed by atoms with van der Waals surface area (Å²) in [7, 11) is 1.53. The van der Waals surface area contributed by atoms with Crippen molar-refractivity contribution in [2.45, 2.75) is 6.04 Å². The van der Waals surface area contributed by atoms with E-state index >= 15 is 0 Å². The fourth-order valence-electron chi connectivity index (χ4n) is 2.43. The first-order valence-corrected chi connectivity index (χ1v) is 7.93. The molecule has 1 aromatic carbocycles. The molecule has 3 aromatic rings. The average molecular weight is 354 g/mol. The van der Waals surface area contributed by atoms with E-state index in [0.717, 1.165) is 0 Å². The molecule has 0 spiro atoms. The molecule has 0 aliphatic carbocycles. The van der Waals surface area contributed by atoms with Gasteiger partial charge in [-0.3, -0.25) is 14.3 Å². The highest BCUT2D eigenvalue weighted by Gasteiger charge is 2.20. The number of rotatable bonds is 6. The van der Waals surface area contributed by atoms with Crippen molar-refractivity contribution in [3.8, 4) is 5.75 Å². The van der Waals surface area contributed by atoms with Crippen molar-refractivity contribution in [1.82, 2.24) is 15.1 Å². The lowest BCUT2D eigenvalue weighted by Crippen LogP contribution is -2.38. The molecule has 8 heteroatoms. The van der Waals surface area contributed by atoms with Crippen LogP contribution in [0.4, 0.5) is 5.69 Å². The molecule has 0 bridgehead atoms. The van der Waals surface area contributed by atoms with E-state index in [0.29, 0.717) is 17.2 Å². The number of ether oxygens (including phenoxy) is 1. The van der Waals surface area contributed by atoms with Gasteiger partial charge in [0.05, 0.1) is 13.4 Å². The summed E-state index contributed by atoms with van der Waals surface area (Å²) in [5.74, 6) is -0.310. The first-order valence-electron chi connectivity index (χ1n) is 7.93. The minimum atomic E-state index is -0.767. The molecule has 2 N–H and O–H groups in total. The highest BCUT2D eigenvalue weighted by Crippen LogP contribution is 2.18. The second-order valence-electron chi connectivity index (χ2n) is 5.41. The van der Waals surface area contributed by atoms with Gasteiger partial charge in [-0.2, -0.15) is 5.10 Å². The summed E-state index contributed by atoms with van der Waals surface area (Å²) in [6, 6.07) is 11.7. The molecule has 1 atom stereocenters. The van der Waals surface area contributed by atoms with Crippen molar-refractivity contribution in [2.75, 3.05) is 19.0 Å². The maximum atomic E-state index is 12.1. The van der Waals surface area contributed by atoms with Crippen LogP contribution < -0.4 is 15.4 Å². The number of aromatic nitrogens is 2. The number of furan rings is 1. The van der Waals surface area contributed by atoms with E-state index < -0.39 is 11.8 Å². The molecule has 0 aliphatic heterocycles. The summed E-state index contributed by atoms with van der Waals surface area (Å²) in [4.78, 5) is 24.2. The number of methoxy groups -OCH3 is 1. The second-order valence-corrected chi connectivity index (χ2v) is 5.41. The molecule has 0 saturated heterocycles. The molecule has 8 nitrogen and oxygen atoms in total. The molecule has 2 amide bonds. The van der Waals surface area contributed by atoms with Gasteiger partial charge in [0.25, 0.3) is 0 Å². The first-order chi connectivity index (χ1) is 12.7. The number of hydrogen-bond acceptors (Lipinski definition) is 5. The van der Waals surface area contributed by atoms with Gasteiger partial charge >= 0.3 is 11.8 Å². The molecular weight excluding hydrogens is 336 g/mol. The molecule has 0 fully saturated rings. The number of hydrogen-bond donors (Lipinski definition) is 2. The third-order valence-electron chi connectivity index (χ3n) is 3.71. The average Bonchev–Trinajstić information content (AvgIpc) is 3.36. The number of anilines is 1. The number of carbonyl (C=O) groups is 2. The number of nitrogens with one attached hydrogen (secondary N) is 2. The Labute approximate surface area is 149 Å². The van der Waals surface area contributed by atoms with Crippen molar-refractivity contribution in [1.29, 1.82) is 0 Å². The van der Waals surface area contributed by atoms with Crippen LogP contribution in [0.1, 0.15) is 11.8 Å². The minimum absolute atomic E-state index is 0.152. The van der Waals surface area contributed by atoms with E-state index in [1.165, 1.54) is 7.11 Å². The number of benzene rings is 1. The number of nitrogens with zero attached hydrogens (tertiary/aromatic N) is 2. The predicted molar refractivity (Wildman–Crippen MR) is 93.7 cm³/mol. The minimum Gasteiger partial charge on any atom is -0.497 e. The summed E-state index contributed by atoms with van der Waals surface area (Å²) in [5.41, 5.74) is 0.471. The van der Waals surface area contributed by atoms with Gasteiger partial charge in [-0.25, -0.2) is 0 Å². The van der Waals surface area contributed by atoms with Gasteiger partial charge < -0.3 is 19.8 Å². The van der Waals surface area contributed by atoms with Crippen molar-refractivity contribution < 1.29 is 18.7 Å². The van der Waals surface area contributed by atoms with E-state index in [-0.39, 0.29) is 12.6 Å². The van der Waals surface area contributed by atoms with Crippen LogP contribution in [0, 0.1) is 0 Å². The summed E-state index contributed by atoms with van der Waals surface area (Å²) >= 11 is 0. The Morgan fingerprint density at radius 1 is 1.23 bits per heavy atom. The zero-order valence-corrected chi connectivity index (χ0v) is 14.1. The van der Waals surface area contributed by atoms with Crippen LogP contribution in [0.3, 0.4) is 0 Å². The van der Waals surface area contributed by atoms with Crippen molar-refractivity contribution in [2.24, 2.45) is 0 Å². The monoisotopic (exact) mass is 354 g/mol. The highest BCUT2D eigenvalue weighted by atomic mass is 16.5. The van der Waals surface area contributed by atoms with Gasteiger partial charge in [-0.1, -0.05) is 6.07 Å². The van der Waals surface area contributed by atoms with E-state index in [9.17, 15) is 9.59 Å². The summed E-state index contributed by atoms with van der Waals surface area (Å²) in [6.07, 6.45) is 4.94. The van der Waals surface area contributed by atoms with E-state index in [1.807, 2.05) is 0 Å². The molecule has 0 saturated carbocycles. The van der Waals surface area contributed by atoms with Crippen LogP contribution >= 0.6 is 0 Å². The molecule has 26 heavy (non-hydrogen) atoms. The van der Waals surface area contributed by atoms with Crippen LogP contribution in [0.5, 0.6) is 5.75 Å². The van der Waals surface area contributed by atoms with Crippen LogP contribution in [-0.2, 0) is 9.59 Å². The normalized spacial score (nSPS) is 11.6. The van der Waals surface area contributed by atoms with Crippen LogP contribution in [-0.4, -0.2) is 35.2 Å². The fourth-order valence-corrected chi connectivity index (χ4v) is 2.43. The SMILES string of the molecule is COc1cccc(NC(=O)C(=O)NCC(c2ccco2)n2cccn2)c1. The number of amides is 2. The molecule has 3 rings (SSSR count). The third kappa shape index (κ3) is 4.10. The molecule has 2 heterocycles. The quantitative estimate of drug-likeness (QED) is 0.658. The Balaban J connectivity index is 1.62. The zero-order valence-electron chi connectivity index (χ0n) is 14.1. The Morgan fingerprint density at radius 3 is 2.81 bits per heavy atom. The van der Waals surface area contributed by atoms with E-state index in [4.69, 9.17) is 9.15 Å². The molecule has 2 aromatic heterocycles. The number of carbonyl (C=O) groups excluding carboxylic acids is 2. The van der Waals surface area contributed by atoms with Gasteiger partial charge in [0, 0.05) is 30.7 Å². The van der Waals surface area contributed by atoms with Gasteiger partial charge in [0.2, 0.25) is 0 Å². The van der Waals surface area contributed by atoms with Crippen molar-refractivity contribution in [3.05, 3.63) is 66.9 Å².